The molecule has 0 aliphatic carbocycles. The molecule has 0 radical (unpaired) electrons. The summed E-state index contributed by atoms with van der Waals surface area (Å²) in [5.74, 6) is 0.263. The van der Waals surface area contributed by atoms with Crippen LogP contribution in [-0.4, -0.2) is 71.0 Å². The third-order valence-electron chi connectivity index (χ3n) is 5.46. The van der Waals surface area contributed by atoms with Crippen molar-refractivity contribution >= 4 is 45.3 Å². The monoisotopic (exact) mass is 536 g/mol. The highest BCUT2D eigenvalue weighted by Crippen LogP contribution is 2.30. The molecule has 0 unspecified atom stereocenters. The van der Waals surface area contributed by atoms with Gasteiger partial charge in [-0.25, -0.2) is 13.8 Å². The molecular formula is C24H29ClN4O6S. The highest BCUT2D eigenvalue weighted by atomic mass is 35.5. The first-order valence-electron chi connectivity index (χ1n) is 11.3. The lowest BCUT2D eigenvalue weighted by Gasteiger charge is -2.26. The van der Waals surface area contributed by atoms with Crippen molar-refractivity contribution in [3.05, 3.63) is 53.1 Å². The SMILES string of the molecule is COc1ccc(N(CC(=O)N/N=C\c2ccc(OCC(=O)N3CCCCC3)cc2)S(C)(=O)=O)cc1Cl. The Kier molecular flexibility index (Phi) is 9.54. The number of amides is 2. The van der Waals surface area contributed by atoms with Gasteiger partial charge in [0.2, 0.25) is 10.0 Å². The number of nitrogens with one attached hydrogen (secondary N) is 1. The van der Waals surface area contributed by atoms with Crippen molar-refractivity contribution in [3.8, 4) is 11.5 Å². The molecule has 1 aliphatic heterocycles. The van der Waals surface area contributed by atoms with Gasteiger partial charge >= 0.3 is 0 Å². The van der Waals surface area contributed by atoms with Crippen LogP contribution in [0.1, 0.15) is 24.8 Å². The normalized spacial score (nSPS) is 13.9. The van der Waals surface area contributed by atoms with Crippen LogP contribution in [0.3, 0.4) is 0 Å². The van der Waals surface area contributed by atoms with Crippen LogP contribution in [0.5, 0.6) is 11.5 Å². The number of halogens is 1. The number of likely N-dealkylation sites (tertiary alicyclic amines) is 1. The van der Waals surface area contributed by atoms with E-state index in [4.69, 9.17) is 21.1 Å². The van der Waals surface area contributed by atoms with Gasteiger partial charge in [-0.15, -0.1) is 0 Å². The maximum absolute atomic E-state index is 12.4. The quantitative estimate of drug-likeness (QED) is 0.368. The molecule has 1 N–H and O–H groups in total. The molecule has 2 aromatic carbocycles. The van der Waals surface area contributed by atoms with Crippen molar-refractivity contribution in [2.45, 2.75) is 19.3 Å². The van der Waals surface area contributed by atoms with Crippen molar-refractivity contribution in [2.75, 3.05) is 43.9 Å². The lowest BCUT2D eigenvalue weighted by molar-refractivity contribution is -0.134. The van der Waals surface area contributed by atoms with Crippen LogP contribution in [0.4, 0.5) is 5.69 Å². The van der Waals surface area contributed by atoms with E-state index in [0.717, 1.165) is 42.9 Å². The van der Waals surface area contributed by atoms with Gasteiger partial charge in [-0.1, -0.05) is 11.6 Å². The van der Waals surface area contributed by atoms with Crippen LogP contribution in [0.15, 0.2) is 47.6 Å². The molecule has 0 bridgehead atoms. The second-order valence-electron chi connectivity index (χ2n) is 8.18. The average molecular weight is 537 g/mol. The minimum Gasteiger partial charge on any atom is -0.495 e. The largest absolute Gasteiger partial charge is 0.495 e. The minimum absolute atomic E-state index is 0.0141. The lowest BCUT2D eigenvalue weighted by atomic mass is 10.1. The fourth-order valence-electron chi connectivity index (χ4n) is 3.58. The average Bonchev–Trinajstić information content (AvgIpc) is 2.86. The number of anilines is 1. The van der Waals surface area contributed by atoms with E-state index in [1.54, 1.807) is 24.3 Å². The number of hydrogen-bond donors (Lipinski definition) is 1. The molecule has 1 aliphatic rings. The minimum atomic E-state index is -3.77. The van der Waals surface area contributed by atoms with E-state index in [0.29, 0.717) is 17.1 Å². The van der Waals surface area contributed by atoms with Gasteiger partial charge in [0, 0.05) is 13.1 Å². The molecule has 1 saturated heterocycles. The van der Waals surface area contributed by atoms with Gasteiger partial charge in [-0.05, 0) is 67.3 Å². The summed E-state index contributed by atoms with van der Waals surface area (Å²) in [7, 11) is -2.33. The third kappa shape index (κ3) is 7.85. The zero-order valence-electron chi connectivity index (χ0n) is 20.1. The van der Waals surface area contributed by atoms with E-state index in [1.165, 1.54) is 31.5 Å². The van der Waals surface area contributed by atoms with Gasteiger partial charge in [0.25, 0.3) is 11.8 Å². The molecule has 1 heterocycles. The molecule has 0 aromatic heterocycles. The first-order valence-corrected chi connectivity index (χ1v) is 13.5. The maximum Gasteiger partial charge on any atom is 0.260 e. The number of sulfonamides is 1. The van der Waals surface area contributed by atoms with E-state index in [-0.39, 0.29) is 23.2 Å². The van der Waals surface area contributed by atoms with Crippen molar-refractivity contribution in [1.29, 1.82) is 0 Å². The predicted molar refractivity (Wildman–Crippen MR) is 138 cm³/mol. The molecular weight excluding hydrogens is 508 g/mol. The van der Waals surface area contributed by atoms with Crippen molar-refractivity contribution in [1.82, 2.24) is 10.3 Å². The zero-order valence-corrected chi connectivity index (χ0v) is 21.7. The summed E-state index contributed by atoms with van der Waals surface area (Å²) in [4.78, 5) is 26.4. The van der Waals surface area contributed by atoms with Gasteiger partial charge in [-0.3, -0.25) is 13.9 Å². The maximum atomic E-state index is 12.4. The lowest BCUT2D eigenvalue weighted by Crippen LogP contribution is -2.39. The van der Waals surface area contributed by atoms with E-state index >= 15 is 0 Å². The Bertz CT molecular complexity index is 1200. The number of rotatable bonds is 10. The Hall–Kier alpha value is -3.31. The second-order valence-corrected chi connectivity index (χ2v) is 10.5. The summed E-state index contributed by atoms with van der Waals surface area (Å²) in [6, 6.07) is 11.3. The summed E-state index contributed by atoms with van der Waals surface area (Å²) in [5.41, 5.74) is 3.21. The Morgan fingerprint density at radius 2 is 1.83 bits per heavy atom. The molecule has 0 spiro atoms. The Morgan fingerprint density at radius 3 is 2.44 bits per heavy atom. The molecule has 1 fully saturated rings. The smallest absolute Gasteiger partial charge is 0.260 e. The zero-order chi connectivity index (χ0) is 26.1. The number of carbonyl (C=O) groups excluding carboxylic acids is 2. The van der Waals surface area contributed by atoms with Crippen LogP contribution >= 0.6 is 11.6 Å². The van der Waals surface area contributed by atoms with E-state index in [9.17, 15) is 18.0 Å². The van der Waals surface area contributed by atoms with Gasteiger partial charge in [0.1, 0.15) is 18.0 Å². The Morgan fingerprint density at radius 1 is 1.14 bits per heavy atom. The van der Waals surface area contributed by atoms with Crippen LogP contribution in [0, 0.1) is 0 Å². The molecule has 12 heteroatoms. The van der Waals surface area contributed by atoms with Crippen LogP contribution < -0.4 is 19.2 Å². The molecule has 2 aromatic rings. The molecule has 0 atom stereocenters. The number of hydrogen-bond acceptors (Lipinski definition) is 7. The number of hydrazone groups is 1. The molecule has 36 heavy (non-hydrogen) atoms. The standard InChI is InChI=1S/C24H29ClN4O6S/c1-34-22-11-8-19(14-21(22)25)29(36(2,32)33)16-23(30)27-26-15-18-6-9-20(10-7-18)35-17-24(31)28-12-4-3-5-13-28/h6-11,14-15H,3-5,12-13,16-17H2,1-2H3,(H,27,30)/b26-15-. The first kappa shape index (κ1) is 27.3. The topological polar surface area (TPSA) is 118 Å². The molecule has 10 nitrogen and oxygen atoms in total. The van der Waals surface area contributed by atoms with E-state index in [1.807, 2.05) is 4.90 Å². The summed E-state index contributed by atoms with van der Waals surface area (Å²) in [5, 5.41) is 4.10. The number of nitrogens with zero attached hydrogens (tertiary/aromatic N) is 3. The molecule has 2 amide bonds. The Labute approximate surface area is 215 Å². The number of carbonyl (C=O) groups is 2. The summed E-state index contributed by atoms with van der Waals surface area (Å²) in [6.45, 7) is 1.05. The van der Waals surface area contributed by atoms with Gasteiger partial charge in [0.05, 0.1) is 30.3 Å². The van der Waals surface area contributed by atoms with Crippen LogP contribution in [0.25, 0.3) is 0 Å². The number of methoxy groups -OCH3 is 1. The Balaban J connectivity index is 1.52. The molecule has 3 rings (SSSR count). The molecule has 194 valence electrons. The summed E-state index contributed by atoms with van der Waals surface area (Å²) >= 11 is 6.10. The number of benzene rings is 2. The fraction of sp³-hybridized carbons (Fsp3) is 0.375. The van der Waals surface area contributed by atoms with E-state index in [2.05, 4.69) is 10.5 Å². The van der Waals surface area contributed by atoms with Crippen LogP contribution in [0.2, 0.25) is 5.02 Å². The van der Waals surface area contributed by atoms with E-state index < -0.39 is 22.5 Å². The van der Waals surface area contributed by atoms with Crippen molar-refractivity contribution in [3.63, 3.8) is 0 Å². The first-order chi connectivity index (χ1) is 17.2. The highest BCUT2D eigenvalue weighted by molar-refractivity contribution is 7.92. The van der Waals surface area contributed by atoms with Crippen LogP contribution in [-0.2, 0) is 19.6 Å². The summed E-state index contributed by atoms with van der Waals surface area (Å²) in [6.07, 6.45) is 5.61. The number of ether oxygens (including phenoxy) is 2. The van der Waals surface area contributed by atoms with Gasteiger partial charge in [-0.2, -0.15) is 5.10 Å². The van der Waals surface area contributed by atoms with Crippen molar-refractivity contribution < 1.29 is 27.5 Å². The van der Waals surface area contributed by atoms with Gasteiger partial charge in [0.15, 0.2) is 6.61 Å². The number of piperidine rings is 1. The van der Waals surface area contributed by atoms with Crippen molar-refractivity contribution in [2.24, 2.45) is 5.10 Å². The van der Waals surface area contributed by atoms with Gasteiger partial charge < -0.3 is 14.4 Å². The summed E-state index contributed by atoms with van der Waals surface area (Å²) < 4.78 is 36.1. The third-order valence-corrected chi connectivity index (χ3v) is 6.90. The molecule has 0 saturated carbocycles. The second kappa shape index (κ2) is 12.6. The highest BCUT2D eigenvalue weighted by Gasteiger charge is 2.22. The fourth-order valence-corrected chi connectivity index (χ4v) is 4.69. The predicted octanol–water partition coefficient (Wildman–Crippen LogP) is 2.66.